The van der Waals surface area contributed by atoms with Crippen LogP contribution in [0.2, 0.25) is 0 Å². The van der Waals surface area contributed by atoms with Crippen LogP contribution in [0.1, 0.15) is 5.69 Å². The third kappa shape index (κ3) is 3.88. The van der Waals surface area contributed by atoms with Gasteiger partial charge in [0.05, 0.1) is 19.8 Å². The Morgan fingerprint density at radius 3 is 2.67 bits per heavy atom. The van der Waals surface area contributed by atoms with Gasteiger partial charge < -0.3 is 10.5 Å². The van der Waals surface area contributed by atoms with Crippen LogP contribution in [0.15, 0.2) is 12.3 Å². The van der Waals surface area contributed by atoms with Gasteiger partial charge in [0.25, 0.3) is 0 Å². The summed E-state index contributed by atoms with van der Waals surface area (Å²) in [4.78, 5) is 0. The van der Waals surface area contributed by atoms with Crippen LogP contribution in [0, 0.1) is 0 Å². The van der Waals surface area contributed by atoms with Crippen LogP contribution in [0.3, 0.4) is 0 Å². The molecule has 0 amide bonds. The molecule has 0 fully saturated rings. The van der Waals surface area contributed by atoms with Gasteiger partial charge in [-0.05, 0) is 6.07 Å². The molecular weight excluding hydrogens is 211 g/mol. The Labute approximate surface area is 84.8 Å². The molecule has 0 saturated heterocycles. The highest BCUT2D eigenvalue weighted by Gasteiger charge is 2.33. The van der Waals surface area contributed by atoms with Crippen molar-refractivity contribution in [3.8, 4) is 0 Å². The van der Waals surface area contributed by atoms with Crippen LogP contribution in [0.5, 0.6) is 0 Å². The van der Waals surface area contributed by atoms with E-state index >= 15 is 0 Å². The van der Waals surface area contributed by atoms with Gasteiger partial charge in [0.2, 0.25) is 0 Å². The number of hydrogen-bond donors (Lipinski definition) is 1. The maximum absolute atomic E-state index is 12.1. The molecular formula is C8H12F3N3O. The van der Waals surface area contributed by atoms with Crippen LogP contribution in [0.25, 0.3) is 0 Å². The fraction of sp³-hybridized carbons (Fsp3) is 0.625. The Bertz CT molecular complexity index is 298. The lowest BCUT2D eigenvalue weighted by atomic mass is 10.4. The molecule has 0 unspecified atom stereocenters. The van der Waals surface area contributed by atoms with Crippen molar-refractivity contribution in [2.24, 2.45) is 5.73 Å². The first-order chi connectivity index (χ1) is 7.04. The summed E-state index contributed by atoms with van der Waals surface area (Å²) in [5.74, 6) is 0. The van der Waals surface area contributed by atoms with Gasteiger partial charge in [-0.15, -0.1) is 0 Å². The van der Waals surface area contributed by atoms with Crippen molar-refractivity contribution in [2.45, 2.75) is 12.7 Å². The van der Waals surface area contributed by atoms with E-state index < -0.39 is 11.9 Å². The number of aromatic nitrogens is 2. The van der Waals surface area contributed by atoms with E-state index in [1.54, 1.807) is 0 Å². The predicted octanol–water partition coefficient (Wildman–Crippen LogP) is 0.877. The third-order valence-electron chi connectivity index (χ3n) is 1.66. The summed E-state index contributed by atoms with van der Waals surface area (Å²) in [6.07, 6.45) is -3.11. The average molecular weight is 223 g/mol. The van der Waals surface area contributed by atoms with E-state index in [1.807, 2.05) is 0 Å². The molecule has 2 N–H and O–H groups in total. The fourth-order valence-electron chi connectivity index (χ4n) is 0.981. The zero-order chi connectivity index (χ0) is 11.3. The van der Waals surface area contributed by atoms with Gasteiger partial charge in [-0.25, -0.2) is 0 Å². The van der Waals surface area contributed by atoms with E-state index in [0.717, 1.165) is 6.07 Å². The molecule has 0 saturated carbocycles. The number of ether oxygens (including phenoxy) is 1. The van der Waals surface area contributed by atoms with Gasteiger partial charge in [0, 0.05) is 12.7 Å². The predicted molar refractivity (Wildman–Crippen MR) is 47.1 cm³/mol. The number of rotatable bonds is 5. The van der Waals surface area contributed by atoms with E-state index in [4.69, 9.17) is 10.5 Å². The van der Waals surface area contributed by atoms with Crippen molar-refractivity contribution in [3.63, 3.8) is 0 Å². The molecule has 0 spiro atoms. The summed E-state index contributed by atoms with van der Waals surface area (Å²) in [7, 11) is 0. The van der Waals surface area contributed by atoms with Gasteiger partial charge in [0.15, 0.2) is 5.69 Å². The second kappa shape index (κ2) is 5.13. The van der Waals surface area contributed by atoms with Crippen LogP contribution < -0.4 is 5.73 Å². The number of nitrogens with two attached hydrogens (primary N) is 1. The quantitative estimate of drug-likeness (QED) is 0.754. The van der Waals surface area contributed by atoms with Crippen LogP contribution in [-0.2, 0) is 17.5 Å². The molecule has 1 aromatic rings. The molecule has 0 bridgehead atoms. The van der Waals surface area contributed by atoms with E-state index in [-0.39, 0.29) is 6.54 Å². The molecule has 86 valence electrons. The van der Waals surface area contributed by atoms with Crippen LogP contribution in [0.4, 0.5) is 13.2 Å². The minimum Gasteiger partial charge on any atom is -0.378 e. The lowest BCUT2D eigenvalue weighted by Crippen LogP contribution is -2.13. The normalized spacial score (nSPS) is 12.0. The van der Waals surface area contributed by atoms with Crippen LogP contribution >= 0.6 is 0 Å². The number of alkyl halides is 3. The Balaban J connectivity index is 2.40. The average Bonchev–Trinajstić information content (AvgIpc) is 2.60. The minimum atomic E-state index is -4.39. The van der Waals surface area contributed by atoms with E-state index in [9.17, 15) is 13.2 Å². The van der Waals surface area contributed by atoms with Crippen molar-refractivity contribution in [3.05, 3.63) is 18.0 Å². The van der Waals surface area contributed by atoms with Crippen molar-refractivity contribution >= 4 is 0 Å². The Morgan fingerprint density at radius 1 is 1.40 bits per heavy atom. The monoisotopic (exact) mass is 223 g/mol. The summed E-state index contributed by atoms with van der Waals surface area (Å²) in [5.41, 5.74) is 4.29. The molecule has 1 aromatic heterocycles. The van der Waals surface area contributed by atoms with Crippen molar-refractivity contribution in [1.29, 1.82) is 0 Å². The number of nitrogens with zero attached hydrogens (tertiary/aromatic N) is 2. The SMILES string of the molecule is NCCOCCn1ccc(C(F)(F)F)n1. The van der Waals surface area contributed by atoms with E-state index in [0.29, 0.717) is 19.8 Å². The molecule has 0 aliphatic rings. The first-order valence-corrected chi connectivity index (χ1v) is 4.42. The fourth-order valence-corrected chi connectivity index (χ4v) is 0.981. The summed E-state index contributed by atoms with van der Waals surface area (Å²) in [5, 5.41) is 3.36. The lowest BCUT2D eigenvalue weighted by molar-refractivity contribution is -0.141. The summed E-state index contributed by atoms with van der Waals surface area (Å²) in [6, 6.07) is 0.933. The summed E-state index contributed by atoms with van der Waals surface area (Å²) >= 11 is 0. The zero-order valence-corrected chi connectivity index (χ0v) is 8.00. The first-order valence-electron chi connectivity index (χ1n) is 4.42. The van der Waals surface area contributed by atoms with Crippen molar-refractivity contribution < 1.29 is 17.9 Å². The highest BCUT2D eigenvalue weighted by molar-refractivity contribution is 5.02. The van der Waals surface area contributed by atoms with Gasteiger partial charge in [-0.1, -0.05) is 0 Å². The smallest absolute Gasteiger partial charge is 0.378 e. The van der Waals surface area contributed by atoms with E-state index in [1.165, 1.54) is 10.9 Å². The largest absolute Gasteiger partial charge is 0.435 e. The topological polar surface area (TPSA) is 53.1 Å². The molecule has 7 heteroatoms. The summed E-state index contributed by atoms with van der Waals surface area (Å²) < 4.78 is 42.6. The highest BCUT2D eigenvalue weighted by atomic mass is 19.4. The zero-order valence-electron chi connectivity index (χ0n) is 8.00. The number of halogens is 3. The molecule has 0 aromatic carbocycles. The second-order valence-corrected chi connectivity index (χ2v) is 2.86. The molecule has 1 heterocycles. The Hall–Kier alpha value is -1.08. The minimum absolute atomic E-state index is 0.288. The second-order valence-electron chi connectivity index (χ2n) is 2.86. The maximum atomic E-state index is 12.1. The Morgan fingerprint density at radius 2 is 2.13 bits per heavy atom. The molecule has 15 heavy (non-hydrogen) atoms. The van der Waals surface area contributed by atoms with Gasteiger partial charge in [0.1, 0.15) is 0 Å². The van der Waals surface area contributed by atoms with Crippen molar-refractivity contribution in [2.75, 3.05) is 19.8 Å². The van der Waals surface area contributed by atoms with Crippen LogP contribution in [-0.4, -0.2) is 29.5 Å². The van der Waals surface area contributed by atoms with Gasteiger partial charge in [-0.2, -0.15) is 18.3 Å². The molecule has 0 aliphatic heterocycles. The summed E-state index contributed by atoms with van der Waals surface area (Å²) in [6.45, 7) is 1.38. The molecule has 0 atom stereocenters. The van der Waals surface area contributed by atoms with Gasteiger partial charge in [-0.3, -0.25) is 4.68 Å². The molecule has 0 aliphatic carbocycles. The lowest BCUT2D eigenvalue weighted by Gasteiger charge is -2.03. The van der Waals surface area contributed by atoms with Gasteiger partial charge >= 0.3 is 6.18 Å². The molecule has 4 nitrogen and oxygen atoms in total. The number of hydrogen-bond acceptors (Lipinski definition) is 3. The Kier molecular flexibility index (Phi) is 4.10. The standard InChI is InChI=1S/C8H12F3N3O/c9-8(10,11)7-1-3-14(13-7)4-6-15-5-2-12/h1,3H,2,4-6,12H2. The highest BCUT2D eigenvalue weighted by Crippen LogP contribution is 2.27. The third-order valence-corrected chi connectivity index (χ3v) is 1.66. The maximum Gasteiger partial charge on any atom is 0.435 e. The molecule has 1 rings (SSSR count). The van der Waals surface area contributed by atoms with E-state index in [2.05, 4.69) is 5.10 Å². The molecule has 0 radical (unpaired) electrons. The van der Waals surface area contributed by atoms with Crippen molar-refractivity contribution in [1.82, 2.24) is 9.78 Å². The first kappa shape index (κ1) is 12.0.